The summed E-state index contributed by atoms with van der Waals surface area (Å²) in [6.07, 6.45) is 4.08. The first-order valence-corrected chi connectivity index (χ1v) is 11.9. The van der Waals surface area contributed by atoms with E-state index in [1.54, 1.807) is 41.5 Å². The van der Waals surface area contributed by atoms with Gasteiger partial charge in [0, 0.05) is 5.41 Å². The Bertz CT molecular complexity index is 896. The summed E-state index contributed by atoms with van der Waals surface area (Å²) in [5.74, 6) is 0.898. The Labute approximate surface area is 202 Å². The van der Waals surface area contributed by atoms with Crippen LogP contribution in [0.5, 0.6) is 11.5 Å². The highest BCUT2D eigenvalue weighted by Gasteiger charge is 2.36. The lowest BCUT2D eigenvalue weighted by atomic mass is 9.65. The number of benzene rings is 2. The molecule has 0 bridgehead atoms. The van der Waals surface area contributed by atoms with E-state index < -0.39 is 23.5 Å². The van der Waals surface area contributed by atoms with Crippen molar-refractivity contribution in [3.63, 3.8) is 0 Å². The van der Waals surface area contributed by atoms with Gasteiger partial charge in [-0.05, 0) is 89.8 Å². The van der Waals surface area contributed by atoms with Crippen molar-refractivity contribution in [2.75, 3.05) is 0 Å². The van der Waals surface area contributed by atoms with Crippen molar-refractivity contribution in [3.8, 4) is 11.5 Å². The fraction of sp³-hybridized carbons (Fsp3) is 0.500. The van der Waals surface area contributed by atoms with Crippen LogP contribution in [-0.4, -0.2) is 23.5 Å². The molecule has 0 saturated heterocycles. The van der Waals surface area contributed by atoms with E-state index >= 15 is 0 Å². The lowest BCUT2D eigenvalue weighted by Gasteiger charge is -2.38. The molecule has 0 radical (unpaired) electrons. The first-order valence-electron chi connectivity index (χ1n) is 11.9. The maximum Gasteiger partial charge on any atom is 0.514 e. The van der Waals surface area contributed by atoms with Gasteiger partial charge in [0.05, 0.1) is 0 Å². The fourth-order valence-corrected chi connectivity index (χ4v) is 4.32. The Hall–Kier alpha value is -3.02. The van der Waals surface area contributed by atoms with Gasteiger partial charge in [0.2, 0.25) is 0 Å². The third-order valence-electron chi connectivity index (χ3n) is 5.70. The molecule has 0 spiro atoms. The summed E-state index contributed by atoms with van der Waals surface area (Å²) in [5.41, 5.74) is 0.979. The predicted molar refractivity (Wildman–Crippen MR) is 130 cm³/mol. The van der Waals surface area contributed by atoms with Gasteiger partial charge in [-0.3, -0.25) is 0 Å². The molecule has 34 heavy (non-hydrogen) atoms. The van der Waals surface area contributed by atoms with Gasteiger partial charge in [-0.1, -0.05) is 43.5 Å². The summed E-state index contributed by atoms with van der Waals surface area (Å²) in [4.78, 5) is 24.0. The van der Waals surface area contributed by atoms with E-state index in [2.05, 4.69) is 0 Å². The van der Waals surface area contributed by atoms with Crippen LogP contribution in [0.2, 0.25) is 0 Å². The zero-order chi connectivity index (χ0) is 25.0. The molecule has 0 amide bonds. The standard InChI is InChI=1S/C28H36O6/c1-26(2,3)33-24(29)31-22-14-10-20(11-15-22)28(18-8-7-9-19-28)21-12-16-23(17-13-21)32-25(30)34-27(4,5)6/h10-17H,7-9,18-19H2,1-6H3. The van der Waals surface area contributed by atoms with Gasteiger partial charge in [-0.25, -0.2) is 9.59 Å². The van der Waals surface area contributed by atoms with Gasteiger partial charge < -0.3 is 18.9 Å². The highest BCUT2D eigenvalue weighted by molar-refractivity contribution is 5.65. The van der Waals surface area contributed by atoms with Gasteiger partial charge in [0.25, 0.3) is 0 Å². The Kier molecular flexibility index (Phi) is 7.59. The zero-order valence-corrected chi connectivity index (χ0v) is 21.1. The van der Waals surface area contributed by atoms with Crippen LogP contribution in [0.1, 0.15) is 84.8 Å². The Balaban J connectivity index is 1.78. The van der Waals surface area contributed by atoms with Crippen LogP contribution < -0.4 is 9.47 Å². The van der Waals surface area contributed by atoms with E-state index in [9.17, 15) is 9.59 Å². The molecule has 184 valence electrons. The van der Waals surface area contributed by atoms with Crippen LogP contribution in [-0.2, 0) is 14.9 Å². The Morgan fingerprint density at radius 2 is 0.971 bits per heavy atom. The molecule has 0 atom stereocenters. The van der Waals surface area contributed by atoms with Crippen molar-refractivity contribution in [2.24, 2.45) is 0 Å². The molecule has 0 aliphatic heterocycles. The number of ether oxygens (including phenoxy) is 4. The maximum absolute atomic E-state index is 12.0. The van der Waals surface area contributed by atoms with Crippen molar-refractivity contribution in [1.29, 1.82) is 0 Å². The van der Waals surface area contributed by atoms with E-state index in [1.807, 2.05) is 48.5 Å². The molecule has 0 aromatic heterocycles. The second kappa shape index (κ2) is 10.1. The Morgan fingerprint density at radius 1 is 0.618 bits per heavy atom. The van der Waals surface area contributed by atoms with Crippen LogP contribution in [0, 0.1) is 0 Å². The maximum atomic E-state index is 12.0. The molecule has 0 N–H and O–H groups in total. The van der Waals surface area contributed by atoms with Crippen LogP contribution in [0.25, 0.3) is 0 Å². The van der Waals surface area contributed by atoms with E-state index in [1.165, 1.54) is 17.5 Å². The summed E-state index contributed by atoms with van der Waals surface area (Å²) in [6.45, 7) is 10.8. The normalized spacial score (nSPS) is 15.8. The smallest absolute Gasteiger partial charge is 0.428 e. The summed E-state index contributed by atoms with van der Waals surface area (Å²) >= 11 is 0. The zero-order valence-electron chi connectivity index (χ0n) is 21.1. The third-order valence-corrected chi connectivity index (χ3v) is 5.70. The topological polar surface area (TPSA) is 71.1 Å². The van der Waals surface area contributed by atoms with Gasteiger partial charge in [-0.15, -0.1) is 0 Å². The van der Waals surface area contributed by atoms with Gasteiger partial charge >= 0.3 is 12.3 Å². The van der Waals surface area contributed by atoms with Crippen LogP contribution in [0.4, 0.5) is 9.59 Å². The number of hydrogen-bond donors (Lipinski definition) is 0. The quantitative estimate of drug-likeness (QED) is 0.340. The van der Waals surface area contributed by atoms with Gasteiger partial charge in [-0.2, -0.15) is 0 Å². The molecular weight excluding hydrogens is 432 g/mol. The minimum Gasteiger partial charge on any atom is -0.428 e. The average molecular weight is 469 g/mol. The molecule has 3 rings (SSSR count). The molecule has 1 aliphatic rings. The van der Waals surface area contributed by atoms with Crippen molar-refractivity contribution in [2.45, 2.75) is 90.3 Å². The van der Waals surface area contributed by atoms with Crippen LogP contribution in [0.15, 0.2) is 48.5 Å². The molecule has 6 heteroatoms. The van der Waals surface area contributed by atoms with Gasteiger partial charge in [0.15, 0.2) is 0 Å². The summed E-state index contributed by atoms with van der Waals surface area (Å²) in [6, 6.07) is 15.4. The number of carbonyl (C=O) groups is 2. The number of rotatable bonds is 4. The first-order chi connectivity index (χ1) is 15.9. The summed E-state index contributed by atoms with van der Waals surface area (Å²) < 4.78 is 21.1. The first kappa shape index (κ1) is 25.6. The molecule has 0 heterocycles. The van der Waals surface area contributed by atoms with Gasteiger partial charge in [0.1, 0.15) is 22.7 Å². The monoisotopic (exact) mass is 468 g/mol. The predicted octanol–water partition coefficient (Wildman–Crippen LogP) is 7.56. The van der Waals surface area contributed by atoms with Crippen molar-refractivity contribution >= 4 is 12.3 Å². The van der Waals surface area contributed by atoms with E-state index in [0.717, 1.165) is 25.7 Å². The average Bonchev–Trinajstić information content (AvgIpc) is 2.72. The molecule has 1 aliphatic carbocycles. The van der Waals surface area contributed by atoms with E-state index in [4.69, 9.17) is 18.9 Å². The highest BCUT2D eigenvalue weighted by Crippen LogP contribution is 2.45. The van der Waals surface area contributed by atoms with Crippen LogP contribution >= 0.6 is 0 Å². The van der Waals surface area contributed by atoms with Crippen LogP contribution in [0.3, 0.4) is 0 Å². The molecular formula is C28H36O6. The molecule has 2 aromatic rings. The Morgan fingerprint density at radius 3 is 1.29 bits per heavy atom. The third kappa shape index (κ3) is 6.99. The minimum absolute atomic E-state index is 0.146. The van der Waals surface area contributed by atoms with Crippen molar-refractivity contribution in [3.05, 3.63) is 59.7 Å². The lowest BCUT2D eigenvalue weighted by molar-refractivity contribution is 0.0193. The molecule has 1 saturated carbocycles. The summed E-state index contributed by atoms with van der Waals surface area (Å²) in [7, 11) is 0. The van der Waals surface area contributed by atoms with E-state index in [0.29, 0.717) is 11.5 Å². The second-order valence-electron chi connectivity index (χ2n) is 10.8. The molecule has 6 nitrogen and oxygen atoms in total. The summed E-state index contributed by atoms with van der Waals surface area (Å²) in [5, 5.41) is 0. The lowest BCUT2D eigenvalue weighted by Crippen LogP contribution is -2.30. The SMILES string of the molecule is CC(C)(C)OC(=O)Oc1ccc(C2(c3ccc(OC(=O)OC(C)(C)C)cc3)CCCCC2)cc1. The largest absolute Gasteiger partial charge is 0.514 e. The van der Waals surface area contributed by atoms with E-state index in [-0.39, 0.29) is 5.41 Å². The molecule has 2 aromatic carbocycles. The number of carbonyl (C=O) groups excluding carboxylic acids is 2. The molecule has 0 unspecified atom stereocenters. The fourth-order valence-electron chi connectivity index (χ4n) is 4.32. The van der Waals surface area contributed by atoms with Crippen molar-refractivity contribution in [1.82, 2.24) is 0 Å². The minimum atomic E-state index is -0.715. The number of hydrogen-bond acceptors (Lipinski definition) is 6. The second-order valence-corrected chi connectivity index (χ2v) is 10.8. The van der Waals surface area contributed by atoms with Crippen molar-refractivity contribution < 1.29 is 28.5 Å². The molecule has 1 fully saturated rings. The highest BCUT2D eigenvalue weighted by atomic mass is 16.7.